The van der Waals surface area contributed by atoms with E-state index in [-0.39, 0.29) is 51.5 Å². The fourth-order valence-corrected chi connectivity index (χ4v) is 3.32. The van der Waals surface area contributed by atoms with Gasteiger partial charge >= 0.3 is 29.6 Å². The first-order valence-corrected chi connectivity index (χ1v) is 8.79. The summed E-state index contributed by atoms with van der Waals surface area (Å²) in [6.07, 6.45) is 5.88. The van der Waals surface area contributed by atoms with Crippen LogP contribution in [0.3, 0.4) is 0 Å². The first-order chi connectivity index (χ1) is 11.9. The van der Waals surface area contributed by atoms with E-state index in [4.69, 9.17) is 0 Å². The van der Waals surface area contributed by atoms with Gasteiger partial charge in [0.15, 0.2) is 5.78 Å². The van der Waals surface area contributed by atoms with Crippen LogP contribution < -0.4 is 34.7 Å². The number of allylic oxidation sites excluding steroid dienone is 5. The number of carbonyl (C=O) groups is 1. The van der Waals surface area contributed by atoms with E-state index in [1.807, 2.05) is 0 Å². The van der Waals surface area contributed by atoms with Gasteiger partial charge in [0.1, 0.15) is 4.90 Å². The summed E-state index contributed by atoms with van der Waals surface area (Å²) < 4.78 is 33.1. The van der Waals surface area contributed by atoms with E-state index in [0.717, 1.165) is 0 Å². The molecule has 5 nitrogen and oxygen atoms in total. The van der Waals surface area contributed by atoms with Gasteiger partial charge in [-0.2, -0.15) is 8.42 Å². The van der Waals surface area contributed by atoms with Crippen molar-refractivity contribution in [1.29, 1.82) is 0 Å². The fourth-order valence-electron chi connectivity index (χ4n) is 2.62. The molecule has 0 aliphatic heterocycles. The van der Waals surface area contributed by atoms with Crippen LogP contribution in [0.5, 0.6) is 5.75 Å². The normalized spacial score (nSPS) is 13.4. The van der Waals surface area contributed by atoms with E-state index >= 15 is 0 Å². The van der Waals surface area contributed by atoms with Crippen LogP contribution in [0.25, 0.3) is 5.57 Å². The molecule has 0 unspecified atom stereocenters. The van der Waals surface area contributed by atoms with E-state index in [1.165, 1.54) is 36.4 Å². The van der Waals surface area contributed by atoms with Gasteiger partial charge in [-0.05, 0) is 34.9 Å². The van der Waals surface area contributed by atoms with Crippen LogP contribution in [0.4, 0.5) is 0 Å². The SMILES string of the molecule is O=C1C=CC(=C(c2ccc([O-])cc2)c2ccccc2S(=O)(=O)O)C=C1.[Na+]. The smallest absolute Gasteiger partial charge is 0.872 e. The molecular weight excluding hydrogens is 363 g/mol. The molecule has 0 spiro atoms. The minimum Gasteiger partial charge on any atom is -0.872 e. The Hall–Kier alpha value is -1.96. The molecule has 0 radical (unpaired) electrons. The van der Waals surface area contributed by atoms with Gasteiger partial charge in [-0.15, -0.1) is 5.75 Å². The first-order valence-electron chi connectivity index (χ1n) is 7.35. The molecule has 0 bridgehead atoms. The minimum atomic E-state index is -4.46. The molecule has 0 saturated carbocycles. The van der Waals surface area contributed by atoms with E-state index < -0.39 is 10.1 Å². The average molecular weight is 376 g/mol. The number of carbonyl (C=O) groups excluding carboxylic acids is 1. The van der Waals surface area contributed by atoms with Crippen molar-refractivity contribution in [3.8, 4) is 5.75 Å². The second-order valence-corrected chi connectivity index (χ2v) is 6.78. The zero-order valence-corrected chi connectivity index (χ0v) is 16.7. The summed E-state index contributed by atoms with van der Waals surface area (Å²) in [4.78, 5) is 11.2. The summed E-state index contributed by atoms with van der Waals surface area (Å²) >= 11 is 0. The predicted octanol–water partition coefficient (Wildman–Crippen LogP) is -0.492. The zero-order valence-electron chi connectivity index (χ0n) is 13.9. The van der Waals surface area contributed by atoms with Crippen molar-refractivity contribution in [3.63, 3.8) is 0 Å². The molecule has 126 valence electrons. The van der Waals surface area contributed by atoms with Crippen molar-refractivity contribution >= 4 is 21.5 Å². The van der Waals surface area contributed by atoms with Gasteiger partial charge in [-0.1, -0.05) is 54.6 Å². The molecule has 1 N–H and O–H groups in total. The maximum Gasteiger partial charge on any atom is 1.00 e. The quantitative estimate of drug-likeness (QED) is 0.576. The van der Waals surface area contributed by atoms with Gasteiger partial charge in [0.05, 0.1) is 0 Å². The van der Waals surface area contributed by atoms with Gasteiger partial charge < -0.3 is 5.11 Å². The van der Waals surface area contributed by atoms with Gasteiger partial charge in [0.2, 0.25) is 0 Å². The number of ketones is 1. The molecule has 0 fully saturated rings. The summed E-state index contributed by atoms with van der Waals surface area (Å²) in [6, 6.07) is 11.9. The summed E-state index contributed by atoms with van der Waals surface area (Å²) in [5, 5.41) is 11.4. The van der Waals surface area contributed by atoms with Crippen LogP contribution >= 0.6 is 0 Å². The topological polar surface area (TPSA) is 94.5 Å². The van der Waals surface area contributed by atoms with E-state index in [0.29, 0.717) is 16.7 Å². The Balaban J connectivity index is 0.00000243. The number of hydrogen-bond acceptors (Lipinski definition) is 4. The van der Waals surface area contributed by atoms with Gasteiger partial charge in [-0.25, -0.2) is 0 Å². The minimum absolute atomic E-state index is 0. The molecule has 2 aromatic rings. The standard InChI is InChI=1S/C19H14O5S.Na/c20-15-9-5-13(6-10-15)19(14-7-11-16(21)12-8-14)17-3-1-2-4-18(17)25(22,23)24;/h1-12,20H,(H,22,23,24);/q;+1/p-1. The van der Waals surface area contributed by atoms with Crippen molar-refractivity contribution in [2.75, 3.05) is 0 Å². The maximum atomic E-state index is 11.8. The third-order valence-electron chi connectivity index (χ3n) is 3.72. The Kier molecular flexibility index (Phi) is 6.39. The van der Waals surface area contributed by atoms with Gasteiger partial charge in [0, 0.05) is 5.56 Å². The van der Waals surface area contributed by atoms with E-state index in [2.05, 4.69) is 0 Å². The summed E-state index contributed by atoms with van der Waals surface area (Å²) in [5.74, 6) is -0.359. The second-order valence-electron chi connectivity index (χ2n) is 5.39. The summed E-state index contributed by atoms with van der Waals surface area (Å²) in [6.45, 7) is 0. The van der Waals surface area contributed by atoms with Crippen molar-refractivity contribution in [2.45, 2.75) is 4.90 Å². The van der Waals surface area contributed by atoms with E-state index in [1.54, 1.807) is 36.4 Å². The molecule has 3 rings (SSSR count). The monoisotopic (exact) mass is 376 g/mol. The van der Waals surface area contributed by atoms with Crippen LogP contribution in [0.2, 0.25) is 0 Å². The summed E-state index contributed by atoms with van der Waals surface area (Å²) in [7, 11) is -4.46. The molecule has 0 aromatic heterocycles. The van der Waals surface area contributed by atoms with Crippen LogP contribution in [-0.2, 0) is 14.9 Å². The van der Waals surface area contributed by atoms with Gasteiger partial charge in [0.25, 0.3) is 10.1 Å². The molecule has 0 amide bonds. The fraction of sp³-hybridized carbons (Fsp3) is 0. The molecule has 7 heteroatoms. The van der Waals surface area contributed by atoms with Crippen molar-refractivity contribution in [1.82, 2.24) is 0 Å². The third-order valence-corrected chi connectivity index (χ3v) is 4.63. The predicted molar refractivity (Wildman–Crippen MR) is 91.5 cm³/mol. The zero-order chi connectivity index (χ0) is 18.0. The first kappa shape index (κ1) is 20.4. The molecule has 1 aliphatic carbocycles. The number of rotatable bonds is 3. The van der Waals surface area contributed by atoms with Crippen molar-refractivity contribution < 1.29 is 52.4 Å². The number of benzene rings is 2. The Bertz CT molecular complexity index is 1010. The van der Waals surface area contributed by atoms with Crippen molar-refractivity contribution in [3.05, 3.63) is 89.5 Å². The summed E-state index contributed by atoms with van der Waals surface area (Å²) in [5.41, 5.74) is 1.96. The Morgan fingerprint density at radius 2 is 1.46 bits per heavy atom. The van der Waals surface area contributed by atoms with Crippen LogP contribution in [0.1, 0.15) is 11.1 Å². The molecule has 0 heterocycles. The molecule has 0 atom stereocenters. The van der Waals surface area contributed by atoms with Crippen LogP contribution in [0, 0.1) is 0 Å². The Morgan fingerprint density at radius 1 is 0.885 bits per heavy atom. The Morgan fingerprint density at radius 3 is 2.04 bits per heavy atom. The second kappa shape index (κ2) is 8.16. The van der Waals surface area contributed by atoms with E-state index in [9.17, 15) is 22.9 Å². The molecule has 0 saturated heterocycles. The van der Waals surface area contributed by atoms with Crippen LogP contribution in [0.15, 0.2) is 83.3 Å². The molecular formula is C19H13NaO5S. The third kappa shape index (κ3) is 4.41. The van der Waals surface area contributed by atoms with Crippen LogP contribution in [-0.4, -0.2) is 18.8 Å². The molecule has 1 aliphatic rings. The molecule has 2 aromatic carbocycles. The maximum absolute atomic E-state index is 11.8. The molecule has 26 heavy (non-hydrogen) atoms. The largest absolute Gasteiger partial charge is 1.00 e. The van der Waals surface area contributed by atoms with Crippen molar-refractivity contribution in [2.24, 2.45) is 0 Å². The van der Waals surface area contributed by atoms with Gasteiger partial charge in [-0.3, -0.25) is 9.35 Å². The number of hydrogen-bond donors (Lipinski definition) is 1. The Labute approximate surface area is 173 Å². The average Bonchev–Trinajstić information content (AvgIpc) is 2.58.